The largest absolute Gasteiger partial charge is 0.463 e. The highest BCUT2D eigenvalue weighted by atomic mass is 32.1. The lowest BCUT2D eigenvalue weighted by Gasteiger charge is -2.06. The summed E-state index contributed by atoms with van der Waals surface area (Å²) in [5, 5.41) is 17.5. The van der Waals surface area contributed by atoms with E-state index in [-0.39, 0.29) is 10.8 Å². The molecule has 7 nitrogen and oxygen atoms in total. The van der Waals surface area contributed by atoms with E-state index in [0.717, 1.165) is 0 Å². The van der Waals surface area contributed by atoms with Crippen LogP contribution in [0.3, 0.4) is 0 Å². The van der Waals surface area contributed by atoms with Crippen LogP contribution in [0.2, 0.25) is 0 Å². The number of nitrogens with one attached hydrogen (secondary N) is 2. The van der Waals surface area contributed by atoms with Gasteiger partial charge in [0.05, 0.1) is 17.4 Å². The average Bonchev–Trinajstić information content (AvgIpc) is 2.92. The highest BCUT2D eigenvalue weighted by Crippen LogP contribution is 2.15. The molecule has 0 saturated heterocycles. The summed E-state index contributed by atoms with van der Waals surface area (Å²) in [6, 6.07) is 9.38. The molecule has 8 heteroatoms. The fourth-order valence-corrected chi connectivity index (χ4v) is 1.52. The first kappa shape index (κ1) is 13.7. The zero-order valence-corrected chi connectivity index (χ0v) is 11.0. The van der Waals surface area contributed by atoms with Crippen molar-refractivity contribution in [3.63, 3.8) is 0 Å². The second kappa shape index (κ2) is 6.43. The van der Waals surface area contributed by atoms with Crippen LogP contribution in [0.1, 0.15) is 5.76 Å². The second-order valence-electron chi connectivity index (χ2n) is 3.64. The Hall–Kier alpha value is -2.74. The van der Waals surface area contributed by atoms with Gasteiger partial charge in [-0.1, -0.05) is 0 Å². The Bertz CT molecular complexity index is 623. The number of hydrazone groups is 1. The fraction of sp³-hybridized carbons (Fsp3) is 0. The van der Waals surface area contributed by atoms with E-state index >= 15 is 0 Å². The number of non-ortho nitro benzene ring substituents is 1. The molecule has 0 atom stereocenters. The van der Waals surface area contributed by atoms with E-state index in [4.69, 9.17) is 16.6 Å². The number of thiocarbonyl (C=S) groups is 1. The van der Waals surface area contributed by atoms with Gasteiger partial charge in [0.25, 0.3) is 5.69 Å². The van der Waals surface area contributed by atoms with Crippen LogP contribution < -0.4 is 10.7 Å². The van der Waals surface area contributed by atoms with Crippen LogP contribution in [0.15, 0.2) is 52.2 Å². The minimum absolute atomic E-state index is 0.0188. The van der Waals surface area contributed by atoms with E-state index in [1.807, 2.05) is 0 Å². The van der Waals surface area contributed by atoms with Crippen molar-refractivity contribution in [2.24, 2.45) is 5.10 Å². The summed E-state index contributed by atoms with van der Waals surface area (Å²) in [7, 11) is 0. The van der Waals surface area contributed by atoms with E-state index in [9.17, 15) is 10.1 Å². The first-order chi connectivity index (χ1) is 9.65. The lowest BCUT2D eigenvalue weighted by Crippen LogP contribution is -2.23. The SMILES string of the molecule is O=[N+]([O-])c1ccc(NC(=S)NN=Cc2ccco2)cc1. The third-order valence-corrected chi connectivity index (χ3v) is 2.43. The van der Waals surface area contributed by atoms with Gasteiger partial charge in [0.2, 0.25) is 0 Å². The van der Waals surface area contributed by atoms with Crippen LogP contribution >= 0.6 is 12.2 Å². The minimum atomic E-state index is -0.464. The first-order valence-corrected chi connectivity index (χ1v) is 5.94. The summed E-state index contributed by atoms with van der Waals surface area (Å²) >= 11 is 5.01. The van der Waals surface area contributed by atoms with Gasteiger partial charge in [0.15, 0.2) is 5.11 Å². The van der Waals surface area contributed by atoms with Gasteiger partial charge in [0, 0.05) is 17.8 Å². The molecule has 20 heavy (non-hydrogen) atoms. The molecule has 0 spiro atoms. The van der Waals surface area contributed by atoms with Gasteiger partial charge in [-0.3, -0.25) is 15.5 Å². The molecule has 0 aliphatic heterocycles. The number of rotatable bonds is 4. The van der Waals surface area contributed by atoms with Gasteiger partial charge < -0.3 is 9.73 Å². The van der Waals surface area contributed by atoms with Crippen molar-refractivity contribution < 1.29 is 9.34 Å². The number of nitro groups is 1. The lowest BCUT2D eigenvalue weighted by molar-refractivity contribution is -0.384. The molecule has 0 aliphatic carbocycles. The Kier molecular flexibility index (Phi) is 4.40. The zero-order chi connectivity index (χ0) is 14.4. The standard InChI is InChI=1S/C12H10N4O3S/c17-16(18)10-5-3-9(4-6-10)14-12(20)15-13-8-11-2-1-7-19-11/h1-8H,(H2,14,15,20). The van der Waals surface area contributed by atoms with Crippen LogP contribution in [0.5, 0.6) is 0 Å². The van der Waals surface area contributed by atoms with E-state index in [1.54, 1.807) is 24.3 Å². The molecule has 2 rings (SSSR count). The minimum Gasteiger partial charge on any atom is -0.463 e. The monoisotopic (exact) mass is 290 g/mol. The molecule has 1 heterocycles. The van der Waals surface area contributed by atoms with Crippen molar-refractivity contribution in [1.29, 1.82) is 0 Å². The van der Waals surface area contributed by atoms with Gasteiger partial charge in [-0.2, -0.15) is 5.10 Å². The van der Waals surface area contributed by atoms with Gasteiger partial charge in [0.1, 0.15) is 5.76 Å². The molecule has 0 amide bonds. The summed E-state index contributed by atoms with van der Waals surface area (Å²) in [4.78, 5) is 10.0. The Balaban J connectivity index is 1.86. The van der Waals surface area contributed by atoms with Crippen molar-refractivity contribution in [2.45, 2.75) is 0 Å². The van der Waals surface area contributed by atoms with Crippen LogP contribution in [0.4, 0.5) is 11.4 Å². The molecule has 1 aromatic carbocycles. The molecular formula is C12H10N4O3S. The van der Waals surface area contributed by atoms with Gasteiger partial charge in [-0.05, 0) is 36.5 Å². The molecule has 0 unspecified atom stereocenters. The molecule has 0 saturated carbocycles. The van der Waals surface area contributed by atoms with Crippen LogP contribution in [0, 0.1) is 10.1 Å². The Labute approximate surface area is 119 Å². The van der Waals surface area contributed by atoms with Crippen LogP contribution in [-0.2, 0) is 0 Å². The summed E-state index contributed by atoms with van der Waals surface area (Å²) in [5.41, 5.74) is 3.25. The van der Waals surface area contributed by atoms with Gasteiger partial charge >= 0.3 is 0 Å². The van der Waals surface area contributed by atoms with E-state index in [2.05, 4.69) is 15.8 Å². The summed E-state index contributed by atoms with van der Waals surface area (Å²) in [6.45, 7) is 0. The predicted octanol–water partition coefficient (Wildman–Crippen LogP) is 2.51. The molecular weight excluding hydrogens is 280 g/mol. The number of hydrogen-bond acceptors (Lipinski definition) is 5. The highest BCUT2D eigenvalue weighted by Gasteiger charge is 2.04. The zero-order valence-electron chi connectivity index (χ0n) is 10.1. The predicted molar refractivity (Wildman–Crippen MR) is 78.8 cm³/mol. The van der Waals surface area contributed by atoms with Gasteiger partial charge in [-0.15, -0.1) is 0 Å². The maximum atomic E-state index is 10.5. The van der Waals surface area contributed by atoms with E-state index in [1.165, 1.54) is 24.6 Å². The number of hydrogen-bond donors (Lipinski definition) is 2. The van der Waals surface area contributed by atoms with E-state index in [0.29, 0.717) is 11.4 Å². The fourth-order valence-electron chi connectivity index (χ4n) is 1.34. The third-order valence-electron chi connectivity index (χ3n) is 2.24. The van der Waals surface area contributed by atoms with Crippen molar-refractivity contribution in [3.05, 3.63) is 58.5 Å². The van der Waals surface area contributed by atoms with Crippen molar-refractivity contribution in [3.8, 4) is 0 Å². The molecule has 0 aliphatic rings. The summed E-state index contributed by atoms with van der Waals surface area (Å²) < 4.78 is 5.05. The van der Waals surface area contributed by atoms with Crippen molar-refractivity contribution in [2.75, 3.05) is 5.32 Å². The number of furan rings is 1. The quantitative estimate of drug-likeness (QED) is 0.389. The summed E-state index contributed by atoms with van der Waals surface area (Å²) in [5.74, 6) is 0.593. The molecule has 102 valence electrons. The number of nitro benzene ring substituents is 1. The third kappa shape index (κ3) is 3.89. The topological polar surface area (TPSA) is 92.7 Å². The lowest BCUT2D eigenvalue weighted by atomic mass is 10.3. The van der Waals surface area contributed by atoms with Crippen LogP contribution in [-0.4, -0.2) is 16.3 Å². The molecule has 0 bridgehead atoms. The second-order valence-corrected chi connectivity index (χ2v) is 4.05. The molecule has 0 fully saturated rings. The van der Waals surface area contributed by atoms with Crippen LogP contribution in [0.25, 0.3) is 0 Å². The maximum Gasteiger partial charge on any atom is 0.269 e. The van der Waals surface area contributed by atoms with Crippen molar-refractivity contribution in [1.82, 2.24) is 5.43 Å². The highest BCUT2D eigenvalue weighted by molar-refractivity contribution is 7.80. The summed E-state index contributed by atoms with van der Waals surface area (Å²) in [6.07, 6.45) is 3.01. The average molecular weight is 290 g/mol. The number of nitrogens with zero attached hydrogens (tertiary/aromatic N) is 2. The smallest absolute Gasteiger partial charge is 0.269 e. The Morgan fingerprint density at radius 2 is 2.10 bits per heavy atom. The normalized spacial score (nSPS) is 10.4. The Morgan fingerprint density at radius 3 is 2.70 bits per heavy atom. The van der Waals surface area contributed by atoms with E-state index < -0.39 is 4.92 Å². The molecule has 0 radical (unpaired) electrons. The van der Waals surface area contributed by atoms with Gasteiger partial charge in [-0.25, -0.2) is 0 Å². The van der Waals surface area contributed by atoms with Crippen molar-refractivity contribution >= 4 is 34.9 Å². The maximum absolute atomic E-state index is 10.5. The molecule has 1 aromatic heterocycles. The Morgan fingerprint density at radius 1 is 1.35 bits per heavy atom. The number of benzene rings is 1. The molecule has 2 N–H and O–H groups in total. The first-order valence-electron chi connectivity index (χ1n) is 5.53. The number of anilines is 1. The molecule has 2 aromatic rings.